The summed E-state index contributed by atoms with van der Waals surface area (Å²) in [5.74, 6) is 0.674. The van der Waals surface area contributed by atoms with E-state index in [4.69, 9.17) is 9.47 Å². The maximum atomic E-state index is 11.7. The number of methoxy groups -OCH3 is 1. The summed E-state index contributed by atoms with van der Waals surface area (Å²) in [5, 5.41) is 0. The Bertz CT molecular complexity index is 473. The highest BCUT2D eigenvalue weighted by atomic mass is 16.6. The molecule has 0 saturated heterocycles. The topological polar surface area (TPSA) is 38.8 Å². The third kappa shape index (κ3) is 4.21. The molecule has 1 aromatic carbocycles. The lowest BCUT2D eigenvalue weighted by Crippen LogP contribution is -2.42. The van der Waals surface area contributed by atoms with Crippen LogP contribution in [0.15, 0.2) is 24.3 Å². The fourth-order valence-electron chi connectivity index (χ4n) is 2.91. The number of ether oxygens (including phenoxy) is 2. The largest absolute Gasteiger partial charge is 0.497 e. The second-order valence-electron chi connectivity index (χ2n) is 5.73. The zero-order valence-electron chi connectivity index (χ0n) is 14.0. The lowest BCUT2D eigenvalue weighted by atomic mass is 9.79. The van der Waals surface area contributed by atoms with Gasteiger partial charge in [-0.3, -0.25) is 4.79 Å². The van der Waals surface area contributed by atoms with Crippen LogP contribution in [0, 0.1) is 5.92 Å². The van der Waals surface area contributed by atoms with Gasteiger partial charge in [-0.2, -0.15) is 0 Å². The normalized spacial score (nSPS) is 15.4. The summed E-state index contributed by atoms with van der Waals surface area (Å²) in [6.45, 7) is 6.46. The molecular weight excluding hydrogens is 266 g/mol. The monoisotopic (exact) mass is 293 g/mol. The van der Waals surface area contributed by atoms with Gasteiger partial charge in [-0.15, -0.1) is 0 Å². The quantitative estimate of drug-likeness (QED) is 0.724. The summed E-state index contributed by atoms with van der Waals surface area (Å²) in [4.78, 5) is 13.8. The number of carbonyl (C=O) groups excluding carboxylic acids is 1. The van der Waals surface area contributed by atoms with E-state index in [2.05, 4.69) is 18.7 Å². The maximum absolute atomic E-state index is 11.7. The van der Waals surface area contributed by atoms with Crippen molar-refractivity contribution in [3.05, 3.63) is 29.8 Å². The van der Waals surface area contributed by atoms with Crippen molar-refractivity contribution < 1.29 is 14.3 Å². The van der Waals surface area contributed by atoms with E-state index in [0.717, 1.165) is 24.3 Å². The molecule has 0 bridgehead atoms. The van der Waals surface area contributed by atoms with Crippen molar-refractivity contribution >= 4 is 5.97 Å². The van der Waals surface area contributed by atoms with E-state index in [1.807, 2.05) is 38.4 Å². The average molecular weight is 293 g/mol. The predicted molar refractivity (Wildman–Crippen MR) is 84.4 cm³/mol. The molecule has 0 radical (unpaired) electrons. The third-order valence-electron chi connectivity index (χ3n) is 3.84. The first kappa shape index (κ1) is 17.5. The molecular formula is C17H27NO3. The Morgan fingerprint density at radius 1 is 1.38 bits per heavy atom. The number of esters is 1. The molecule has 4 nitrogen and oxygen atoms in total. The van der Waals surface area contributed by atoms with Gasteiger partial charge >= 0.3 is 5.97 Å². The Morgan fingerprint density at radius 3 is 2.52 bits per heavy atom. The summed E-state index contributed by atoms with van der Waals surface area (Å²) >= 11 is 0. The molecule has 0 saturated carbocycles. The van der Waals surface area contributed by atoms with Crippen LogP contribution in [0.25, 0.3) is 0 Å². The predicted octanol–water partition coefficient (Wildman–Crippen LogP) is 3.06. The molecule has 1 unspecified atom stereocenters. The summed E-state index contributed by atoms with van der Waals surface area (Å²) < 4.78 is 11.1. The van der Waals surface area contributed by atoms with Crippen LogP contribution < -0.4 is 4.74 Å². The molecule has 2 atom stereocenters. The summed E-state index contributed by atoms with van der Waals surface area (Å²) in [5.41, 5.74) is 0.346. The minimum absolute atomic E-state index is 0.161. The van der Waals surface area contributed by atoms with Gasteiger partial charge in [-0.05, 0) is 38.2 Å². The van der Waals surface area contributed by atoms with Crippen molar-refractivity contribution in [3.63, 3.8) is 0 Å². The highest BCUT2D eigenvalue weighted by Gasteiger charge is 2.40. The molecule has 0 spiro atoms. The molecule has 0 heterocycles. The van der Waals surface area contributed by atoms with Gasteiger partial charge in [0.05, 0.1) is 7.11 Å². The number of carbonyl (C=O) groups is 1. The van der Waals surface area contributed by atoms with Crippen LogP contribution in [0.2, 0.25) is 0 Å². The van der Waals surface area contributed by atoms with E-state index >= 15 is 0 Å². The molecule has 21 heavy (non-hydrogen) atoms. The van der Waals surface area contributed by atoms with Crippen LogP contribution in [0.4, 0.5) is 0 Å². The molecule has 0 aliphatic heterocycles. The fraction of sp³-hybridized carbons (Fsp3) is 0.588. The molecule has 1 rings (SSSR count). The number of hydrogen-bond donors (Lipinski definition) is 0. The first-order valence-corrected chi connectivity index (χ1v) is 7.34. The highest BCUT2D eigenvalue weighted by molar-refractivity contribution is 5.67. The fourth-order valence-corrected chi connectivity index (χ4v) is 2.91. The first-order chi connectivity index (χ1) is 9.85. The van der Waals surface area contributed by atoms with Crippen LogP contribution >= 0.6 is 0 Å². The standard InChI is InChI=1S/C17H27NO3/c1-7-17(21-14(3)19,13(2)12-18(4)5)15-9-8-10-16(11-15)20-6/h8-11,13H,7,12H2,1-6H3/t13?,17-/m1/s1. The highest BCUT2D eigenvalue weighted by Crippen LogP contribution is 2.39. The minimum Gasteiger partial charge on any atom is -0.497 e. The number of rotatable bonds is 7. The van der Waals surface area contributed by atoms with E-state index in [0.29, 0.717) is 0 Å². The third-order valence-corrected chi connectivity index (χ3v) is 3.84. The van der Waals surface area contributed by atoms with Crippen LogP contribution in [0.3, 0.4) is 0 Å². The summed E-state index contributed by atoms with van der Waals surface area (Å²) in [6, 6.07) is 7.79. The molecule has 0 fully saturated rings. The molecule has 0 aromatic heterocycles. The Kier molecular flexibility index (Phi) is 6.21. The van der Waals surface area contributed by atoms with E-state index in [1.165, 1.54) is 6.92 Å². The van der Waals surface area contributed by atoms with Crippen LogP contribution in [0.1, 0.15) is 32.8 Å². The summed E-state index contributed by atoms with van der Waals surface area (Å²) in [6.07, 6.45) is 0.717. The second-order valence-corrected chi connectivity index (χ2v) is 5.73. The minimum atomic E-state index is -0.634. The van der Waals surface area contributed by atoms with Gasteiger partial charge in [0.25, 0.3) is 0 Å². The van der Waals surface area contributed by atoms with Crippen molar-refractivity contribution in [2.24, 2.45) is 5.92 Å². The van der Waals surface area contributed by atoms with Crippen molar-refractivity contribution in [1.29, 1.82) is 0 Å². The van der Waals surface area contributed by atoms with Gasteiger partial charge in [0, 0.05) is 19.4 Å². The molecule has 4 heteroatoms. The first-order valence-electron chi connectivity index (χ1n) is 7.34. The number of benzene rings is 1. The van der Waals surface area contributed by atoms with Gasteiger partial charge in [-0.1, -0.05) is 26.0 Å². The number of nitrogens with zero attached hydrogens (tertiary/aromatic N) is 1. The Morgan fingerprint density at radius 2 is 2.05 bits per heavy atom. The van der Waals surface area contributed by atoms with Crippen molar-refractivity contribution in [1.82, 2.24) is 4.90 Å². The van der Waals surface area contributed by atoms with Crippen molar-refractivity contribution in [2.45, 2.75) is 32.8 Å². The molecule has 0 aliphatic rings. The van der Waals surface area contributed by atoms with Gasteiger partial charge < -0.3 is 14.4 Å². The van der Waals surface area contributed by atoms with Gasteiger partial charge in [0.2, 0.25) is 0 Å². The van der Waals surface area contributed by atoms with Gasteiger partial charge in [0.1, 0.15) is 11.4 Å². The van der Waals surface area contributed by atoms with Crippen molar-refractivity contribution in [2.75, 3.05) is 27.7 Å². The summed E-state index contributed by atoms with van der Waals surface area (Å²) in [7, 11) is 5.69. The molecule has 0 aliphatic carbocycles. The Labute approximate surface area is 128 Å². The van der Waals surface area contributed by atoms with Crippen LogP contribution in [-0.4, -0.2) is 38.6 Å². The van der Waals surface area contributed by atoms with E-state index in [1.54, 1.807) is 7.11 Å². The average Bonchev–Trinajstić information content (AvgIpc) is 2.43. The van der Waals surface area contributed by atoms with Crippen molar-refractivity contribution in [3.8, 4) is 5.75 Å². The van der Waals surface area contributed by atoms with Gasteiger partial charge in [0.15, 0.2) is 0 Å². The Hall–Kier alpha value is -1.55. The smallest absolute Gasteiger partial charge is 0.303 e. The van der Waals surface area contributed by atoms with Gasteiger partial charge in [-0.25, -0.2) is 0 Å². The van der Waals surface area contributed by atoms with E-state index in [9.17, 15) is 4.79 Å². The van der Waals surface area contributed by atoms with Crippen LogP contribution in [-0.2, 0) is 15.1 Å². The second kappa shape index (κ2) is 7.46. The molecule has 118 valence electrons. The lowest BCUT2D eigenvalue weighted by Gasteiger charge is -2.39. The zero-order valence-corrected chi connectivity index (χ0v) is 14.0. The molecule has 1 aromatic rings. The van der Waals surface area contributed by atoms with E-state index in [-0.39, 0.29) is 11.9 Å². The van der Waals surface area contributed by atoms with E-state index < -0.39 is 5.60 Å². The maximum Gasteiger partial charge on any atom is 0.303 e. The zero-order chi connectivity index (χ0) is 16.0. The number of hydrogen-bond acceptors (Lipinski definition) is 4. The molecule has 0 N–H and O–H groups in total. The SMILES string of the molecule is CC[C@](OC(C)=O)(c1cccc(OC)c1)C(C)CN(C)C. The lowest BCUT2D eigenvalue weighted by molar-refractivity contribution is -0.166. The Balaban J connectivity index is 3.30. The van der Waals surface area contributed by atoms with Crippen LogP contribution in [0.5, 0.6) is 5.75 Å². The molecule has 0 amide bonds.